The van der Waals surface area contributed by atoms with Crippen LogP contribution in [0.3, 0.4) is 0 Å². The van der Waals surface area contributed by atoms with Gasteiger partial charge in [0.15, 0.2) is 0 Å². The van der Waals surface area contributed by atoms with Gasteiger partial charge in [-0.3, -0.25) is 14.4 Å². The molecule has 1 aliphatic heterocycles. The zero-order chi connectivity index (χ0) is 34.8. The Morgan fingerprint density at radius 1 is 0.878 bits per heavy atom. The molecule has 49 heavy (non-hydrogen) atoms. The van der Waals surface area contributed by atoms with E-state index in [0.29, 0.717) is 13.0 Å². The lowest BCUT2D eigenvalue weighted by molar-refractivity contribution is -0.131. The first-order valence-electron chi connectivity index (χ1n) is 16.7. The summed E-state index contributed by atoms with van der Waals surface area (Å²) in [6, 6.07) is 21.0. The normalized spacial score (nSPS) is 19.1. The van der Waals surface area contributed by atoms with E-state index >= 15 is 0 Å². The van der Waals surface area contributed by atoms with Crippen LogP contribution >= 0.6 is 0 Å². The van der Waals surface area contributed by atoms with E-state index in [2.05, 4.69) is 21.3 Å². The molecule has 0 aromatic heterocycles. The highest BCUT2D eigenvalue weighted by atomic mass is 19.3. The Hall–Kier alpha value is -5.05. The smallest absolute Gasteiger partial charge is 0.408 e. The number of fused-ring (bicyclic) bond motifs is 1. The molecule has 4 N–H and O–H groups in total. The number of rotatable bonds is 13. The summed E-state index contributed by atoms with van der Waals surface area (Å²) in [5, 5.41) is 22.4. The van der Waals surface area contributed by atoms with Gasteiger partial charge in [-0.15, -0.1) is 0 Å². The third kappa shape index (κ3) is 9.98. The van der Waals surface area contributed by atoms with E-state index in [1.807, 2.05) is 66.7 Å². The monoisotopic (exact) mass is 673 g/mol. The maximum atomic E-state index is 14.0. The summed E-state index contributed by atoms with van der Waals surface area (Å²) in [5.41, 5.74) is 1.53. The number of hydrogen-bond donors (Lipinski definition) is 4. The minimum atomic E-state index is -2.78. The fourth-order valence-corrected chi connectivity index (χ4v) is 6.55. The van der Waals surface area contributed by atoms with Crippen LogP contribution in [0.15, 0.2) is 72.8 Å². The van der Waals surface area contributed by atoms with E-state index in [1.165, 1.54) is 0 Å². The van der Waals surface area contributed by atoms with Crippen LogP contribution in [-0.4, -0.2) is 54.4 Å². The maximum Gasteiger partial charge on any atom is 0.408 e. The van der Waals surface area contributed by atoms with Gasteiger partial charge in [-0.1, -0.05) is 72.8 Å². The average molecular weight is 674 g/mol. The summed E-state index contributed by atoms with van der Waals surface area (Å²) in [6.45, 7) is 0.459. The first-order valence-corrected chi connectivity index (χ1v) is 16.7. The number of nitrogens with one attached hydrogen (secondary N) is 4. The molecule has 1 saturated heterocycles. The van der Waals surface area contributed by atoms with E-state index in [4.69, 9.17) is 4.74 Å². The largest absolute Gasteiger partial charge is 0.445 e. The van der Waals surface area contributed by atoms with Crippen molar-refractivity contribution in [2.75, 3.05) is 6.54 Å². The summed E-state index contributed by atoms with van der Waals surface area (Å²) in [6.07, 6.45) is -0.385. The standard InChI is InChI=1S/C37H41F2N5O5/c38-37(39)16-13-24(14-17-37)19-31(34(46)42-29(22-40)20-28-15-18-41-33(28)45)43-35(47)32(44-36(48)49-23-25-7-2-1-3-8-25)21-27-11-6-10-26-9-4-5-12-30(26)27/h1-12,24,28-29,31-32H,13-21,23H2,(H,41,45)(H,42,46)(H,43,47)(H,44,48)/t28-,29-,31-,32-/m0/s1. The quantitative estimate of drug-likeness (QED) is 0.203. The van der Waals surface area contributed by atoms with E-state index in [-0.39, 0.29) is 63.4 Å². The van der Waals surface area contributed by atoms with Crippen LogP contribution in [0, 0.1) is 23.2 Å². The van der Waals surface area contributed by atoms with Crippen LogP contribution < -0.4 is 21.3 Å². The number of carbonyl (C=O) groups is 4. The molecule has 3 aromatic carbocycles. The predicted molar refractivity (Wildman–Crippen MR) is 178 cm³/mol. The lowest BCUT2D eigenvalue weighted by atomic mass is 9.82. The number of hydrogen-bond acceptors (Lipinski definition) is 6. The van der Waals surface area contributed by atoms with Gasteiger partial charge in [0.25, 0.3) is 0 Å². The molecular weight excluding hydrogens is 632 g/mol. The molecule has 258 valence electrons. The van der Waals surface area contributed by atoms with Crippen molar-refractivity contribution in [1.82, 2.24) is 21.3 Å². The summed E-state index contributed by atoms with van der Waals surface area (Å²) in [5.74, 6) is -5.02. The minimum absolute atomic E-state index is 0.0266. The summed E-state index contributed by atoms with van der Waals surface area (Å²) >= 11 is 0. The van der Waals surface area contributed by atoms with Gasteiger partial charge in [-0.25, -0.2) is 13.6 Å². The zero-order valence-corrected chi connectivity index (χ0v) is 27.1. The molecule has 10 nitrogen and oxygen atoms in total. The van der Waals surface area contributed by atoms with Gasteiger partial charge in [-0.2, -0.15) is 5.26 Å². The predicted octanol–water partition coefficient (Wildman–Crippen LogP) is 4.91. The molecule has 0 spiro atoms. The molecule has 0 bridgehead atoms. The number of ether oxygens (including phenoxy) is 1. The van der Waals surface area contributed by atoms with Crippen LogP contribution in [0.4, 0.5) is 13.6 Å². The molecule has 2 aliphatic rings. The SMILES string of the molecule is N#C[C@H](C[C@@H]1CCNC1=O)NC(=O)[C@H](CC1CCC(F)(F)CC1)NC(=O)[C@H](Cc1cccc2ccccc12)NC(=O)OCc1ccccc1. The summed E-state index contributed by atoms with van der Waals surface area (Å²) in [7, 11) is 0. The maximum absolute atomic E-state index is 14.0. The second-order valence-corrected chi connectivity index (χ2v) is 12.9. The van der Waals surface area contributed by atoms with Crippen molar-refractivity contribution in [2.24, 2.45) is 11.8 Å². The molecule has 1 aliphatic carbocycles. The highest BCUT2D eigenvalue weighted by molar-refractivity contribution is 5.93. The van der Waals surface area contributed by atoms with Crippen LogP contribution in [0.25, 0.3) is 10.8 Å². The lowest BCUT2D eigenvalue weighted by Crippen LogP contribution is -2.56. The van der Waals surface area contributed by atoms with E-state index in [9.17, 15) is 33.2 Å². The number of alkyl halides is 2. The third-order valence-electron chi connectivity index (χ3n) is 9.32. The second kappa shape index (κ2) is 16.4. The number of nitriles is 1. The molecule has 0 radical (unpaired) electrons. The van der Waals surface area contributed by atoms with Crippen LogP contribution in [0.5, 0.6) is 0 Å². The molecule has 4 amide bonds. The highest BCUT2D eigenvalue weighted by Gasteiger charge is 2.38. The molecule has 1 saturated carbocycles. The zero-order valence-electron chi connectivity index (χ0n) is 27.1. The van der Waals surface area contributed by atoms with Crippen molar-refractivity contribution in [2.45, 2.75) is 82.0 Å². The van der Waals surface area contributed by atoms with Gasteiger partial charge >= 0.3 is 6.09 Å². The van der Waals surface area contributed by atoms with Crippen molar-refractivity contribution in [3.05, 3.63) is 83.9 Å². The Bertz CT molecular complexity index is 1670. The molecule has 2 fully saturated rings. The van der Waals surface area contributed by atoms with Gasteiger partial charge in [0.05, 0.1) is 6.07 Å². The summed E-state index contributed by atoms with van der Waals surface area (Å²) < 4.78 is 33.4. The first-order chi connectivity index (χ1) is 23.6. The first kappa shape index (κ1) is 35.3. The third-order valence-corrected chi connectivity index (χ3v) is 9.32. The Morgan fingerprint density at radius 2 is 1.57 bits per heavy atom. The molecule has 5 rings (SSSR count). The van der Waals surface area contributed by atoms with Gasteiger partial charge in [0.1, 0.15) is 24.7 Å². The molecule has 4 atom stereocenters. The number of amides is 4. The van der Waals surface area contributed by atoms with E-state index in [0.717, 1.165) is 21.9 Å². The molecule has 1 heterocycles. The minimum Gasteiger partial charge on any atom is -0.445 e. The van der Waals surface area contributed by atoms with Crippen molar-refractivity contribution in [3.8, 4) is 6.07 Å². The fraction of sp³-hybridized carbons (Fsp3) is 0.432. The van der Waals surface area contributed by atoms with Gasteiger partial charge in [0, 0.05) is 31.7 Å². The Kier molecular flexibility index (Phi) is 11.8. The fourth-order valence-electron chi connectivity index (χ4n) is 6.55. The van der Waals surface area contributed by atoms with Crippen LogP contribution in [-0.2, 0) is 32.1 Å². The lowest BCUT2D eigenvalue weighted by Gasteiger charge is -2.31. The number of benzene rings is 3. The molecular formula is C37H41F2N5O5. The van der Waals surface area contributed by atoms with Crippen LogP contribution in [0.2, 0.25) is 0 Å². The highest BCUT2D eigenvalue weighted by Crippen LogP contribution is 2.38. The van der Waals surface area contributed by atoms with Gasteiger partial charge in [-0.05, 0) is 59.9 Å². The van der Waals surface area contributed by atoms with E-state index in [1.54, 1.807) is 12.1 Å². The van der Waals surface area contributed by atoms with Crippen molar-refractivity contribution in [1.29, 1.82) is 5.26 Å². The van der Waals surface area contributed by atoms with Gasteiger partial charge < -0.3 is 26.0 Å². The Morgan fingerprint density at radius 3 is 2.29 bits per heavy atom. The average Bonchev–Trinajstić information content (AvgIpc) is 3.51. The van der Waals surface area contributed by atoms with Gasteiger partial charge in [0.2, 0.25) is 23.6 Å². The van der Waals surface area contributed by atoms with Crippen molar-refractivity contribution >= 4 is 34.6 Å². The molecule has 12 heteroatoms. The molecule has 0 unspecified atom stereocenters. The second-order valence-electron chi connectivity index (χ2n) is 12.9. The van der Waals surface area contributed by atoms with Crippen molar-refractivity contribution < 1.29 is 32.7 Å². The van der Waals surface area contributed by atoms with E-state index < -0.39 is 47.9 Å². The number of nitrogens with zero attached hydrogens (tertiary/aromatic N) is 1. The Balaban J connectivity index is 1.35. The topological polar surface area (TPSA) is 149 Å². The number of alkyl carbamates (subject to hydrolysis) is 1. The van der Waals surface area contributed by atoms with Crippen molar-refractivity contribution in [3.63, 3.8) is 0 Å². The molecule has 3 aromatic rings. The number of carbonyl (C=O) groups excluding carboxylic acids is 4. The van der Waals surface area contributed by atoms with Crippen LogP contribution in [0.1, 0.15) is 56.1 Å². The summed E-state index contributed by atoms with van der Waals surface area (Å²) in [4.78, 5) is 52.9. The Labute approximate surface area is 284 Å². The number of halogens is 2.